The minimum atomic E-state index is -3.85. The molecular formula is C18H21FN2O2S. The molecule has 0 spiro atoms. The summed E-state index contributed by atoms with van der Waals surface area (Å²) in [5.74, 6) is -0.0559. The van der Waals surface area contributed by atoms with Gasteiger partial charge in [0.25, 0.3) is 10.0 Å². The Morgan fingerprint density at radius 1 is 1.00 bits per heavy atom. The van der Waals surface area contributed by atoms with Crippen molar-refractivity contribution in [3.63, 3.8) is 0 Å². The average Bonchev–Trinajstić information content (AvgIpc) is 2.56. The Labute approximate surface area is 142 Å². The summed E-state index contributed by atoms with van der Waals surface area (Å²) >= 11 is 0. The third-order valence-electron chi connectivity index (χ3n) is 3.69. The Hall–Kier alpha value is -2.21. The Kier molecular flexibility index (Phi) is 5.72. The van der Waals surface area contributed by atoms with Crippen molar-refractivity contribution < 1.29 is 12.8 Å². The summed E-state index contributed by atoms with van der Waals surface area (Å²) in [4.78, 5) is 1.97. The van der Waals surface area contributed by atoms with Gasteiger partial charge in [0.2, 0.25) is 0 Å². The van der Waals surface area contributed by atoms with E-state index in [2.05, 4.69) is 4.40 Å². The van der Waals surface area contributed by atoms with Gasteiger partial charge < -0.3 is 4.90 Å². The lowest BCUT2D eigenvalue weighted by molar-refractivity contribution is 0.466. The highest BCUT2D eigenvalue weighted by atomic mass is 32.2. The maximum Gasteiger partial charge on any atom is 0.284 e. The highest BCUT2D eigenvalue weighted by Gasteiger charge is 2.18. The van der Waals surface area contributed by atoms with E-state index in [1.54, 1.807) is 24.3 Å². The van der Waals surface area contributed by atoms with Crippen LogP contribution in [0.2, 0.25) is 0 Å². The molecule has 0 aliphatic carbocycles. The predicted molar refractivity (Wildman–Crippen MR) is 94.2 cm³/mol. The van der Waals surface area contributed by atoms with Crippen LogP contribution >= 0.6 is 0 Å². The van der Waals surface area contributed by atoms with Gasteiger partial charge in [-0.25, -0.2) is 4.39 Å². The second-order valence-electron chi connectivity index (χ2n) is 5.38. The molecule has 128 valence electrons. The second-order valence-corrected chi connectivity index (χ2v) is 6.99. The van der Waals surface area contributed by atoms with E-state index in [1.807, 2.05) is 25.7 Å². The minimum Gasteiger partial charge on any atom is -0.356 e. The summed E-state index contributed by atoms with van der Waals surface area (Å²) in [6.07, 6.45) is 0. The van der Waals surface area contributed by atoms with Crippen LogP contribution in [-0.2, 0) is 10.0 Å². The maximum atomic E-state index is 13.2. The molecule has 4 nitrogen and oxygen atoms in total. The van der Waals surface area contributed by atoms with Crippen molar-refractivity contribution in [1.29, 1.82) is 0 Å². The Bertz CT molecular complexity index is 809. The Morgan fingerprint density at radius 2 is 1.54 bits per heavy atom. The summed E-state index contributed by atoms with van der Waals surface area (Å²) in [6.45, 7) is 6.91. The van der Waals surface area contributed by atoms with Crippen LogP contribution in [-0.4, -0.2) is 32.2 Å². The molecule has 0 saturated carbocycles. The normalized spacial score (nSPS) is 12.2. The van der Waals surface area contributed by atoms with Crippen LogP contribution in [0.3, 0.4) is 0 Å². The molecule has 2 rings (SSSR count). The number of sulfonamides is 1. The van der Waals surface area contributed by atoms with Gasteiger partial charge in [0.1, 0.15) is 11.7 Å². The molecular weight excluding hydrogens is 327 g/mol. The Morgan fingerprint density at radius 3 is 2.04 bits per heavy atom. The third-order valence-corrected chi connectivity index (χ3v) is 4.97. The first-order valence-corrected chi connectivity index (χ1v) is 9.24. The van der Waals surface area contributed by atoms with Gasteiger partial charge in [0.15, 0.2) is 0 Å². The molecule has 0 radical (unpaired) electrons. The van der Waals surface area contributed by atoms with E-state index < -0.39 is 10.0 Å². The second kappa shape index (κ2) is 7.57. The van der Waals surface area contributed by atoms with Crippen LogP contribution in [0.15, 0.2) is 57.8 Å². The van der Waals surface area contributed by atoms with Gasteiger partial charge in [0, 0.05) is 18.7 Å². The SMILES string of the molecule is CCN(CC)/C(=N\S(=O)(=O)c1ccc(C)cc1)c1ccc(F)cc1. The Balaban J connectivity index is 2.54. The van der Waals surface area contributed by atoms with Crippen LogP contribution < -0.4 is 0 Å². The number of hydrogen-bond donors (Lipinski definition) is 0. The van der Waals surface area contributed by atoms with Gasteiger partial charge in [-0.1, -0.05) is 17.7 Å². The summed E-state index contributed by atoms with van der Waals surface area (Å²) in [5.41, 5.74) is 1.54. The van der Waals surface area contributed by atoms with Crippen LogP contribution in [0, 0.1) is 12.7 Å². The van der Waals surface area contributed by atoms with Crippen LogP contribution in [0.25, 0.3) is 0 Å². The largest absolute Gasteiger partial charge is 0.356 e. The quantitative estimate of drug-likeness (QED) is 0.613. The van der Waals surface area contributed by atoms with Crippen LogP contribution in [0.5, 0.6) is 0 Å². The molecule has 0 fully saturated rings. The molecule has 6 heteroatoms. The first-order valence-electron chi connectivity index (χ1n) is 7.80. The lowest BCUT2D eigenvalue weighted by Gasteiger charge is -2.23. The zero-order valence-electron chi connectivity index (χ0n) is 14.0. The molecule has 0 atom stereocenters. The van der Waals surface area contributed by atoms with Gasteiger partial charge >= 0.3 is 0 Å². The fourth-order valence-corrected chi connectivity index (χ4v) is 3.33. The molecule has 0 aliphatic rings. The number of nitrogens with zero attached hydrogens (tertiary/aromatic N) is 2. The van der Waals surface area contributed by atoms with E-state index in [0.29, 0.717) is 24.5 Å². The van der Waals surface area contributed by atoms with Gasteiger partial charge in [0.05, 0.1) is 4.90 Å². The number of benzene rings is 2. The standard InChI is InChI=1S/C18H21FN2O2S/c1-4-21(5-2)18(15-8-10-16(19)11-9-15)20-24(22,23)17-12-6-14(3)7-13-17/h6-13H,4-5H2,1-3H3/b20-18-. The number of halogens is 1. The molecule has 0 aliphatic heterocycles. The summed E-state index contributed by atoms with van der Waals surface area (Å²) in [7, 11) is -3.85. The number of aryl methyl sites for hydroxylation is 1. The molecule has 0 N–H and O–H groups in total. The van der Waals surface area contributed by atoms with Crippen LogP contribution in [0.4, 0.5) is 4.39 Å². The molecule has 0 unspecified atom stereocenters. The molecule has 0 bridgehead atoms. The van der Waals surface area contributed by atoms with Crippen molar-refractivity contribution in [2.24, 2.45) is 4.40 Å². The summed E-state index contributed by atoms with van der Waals surface area (Å²) in [6, 6.07) is 12.2. The van der Waals surface area contributed by atoms with Crippen molar-refractivity contribution in [1.82, 2.24) is 4.90 Å². The lowest BCUT2D eigenvalue weighted by Crippen LogP contribution is -2.32. The van der Waals surface area contributed by atoms with Crippen molar-refractivity contribution in [3.05, 3.63) is 65.5 Å². The van der Waals surface area contributed by atoms with E-state index in [0.717, 1.165) is 5.56 Å². The van der Waals surface area contributed by atoms with Gasteiger partial charge in [-0.2, -0.15) is 8.42 Å². The number of hydrogen-bond acceptors (Lipinski definition) is 2. The molecule has 0 aromatic heterocycles. The van der Waals surface area contributed by atoms with Crippen molar-refractivity contribution >= 4 is 15.9 Å². The first kappa shape index (κ1) is 18.1. The van der Waals surface area contributed by atoms with Gasteiger partial charge in [-0.3, -0.25) is 0 Å². The van der Waals surface area contributed by atoms with Gasteiger partial charge in [-0.15, -0.1) is 4.40 Å². The van der Waals surface area contributed by atoms with Crippen molar-refractivity contribution in [2.45, 2.75) is 25.7 Å². The smallest absolute Gasteiger partial charge is 0.284 e. The molecule has 2 aromatic carbocycles. The summed E-state index contributed by atoms with van der Waals surface area (Å²) < 4.78 is 42.5. The maximum absolute atomic E-state index is 13.2. The van der Waals surface area contributed by atoms with Crippen molar-refractivity contribution in [3.8, 4) is 0 Å². The molecule has 0 amide bonds. The van der Waals surface area contributed by atoms with Crippen molar-refractivity contribution in [2.75, 3.05) is 13.1 Å². The van der Waals surface area contributed by atoms with Crippen LogP contribution in [0.1, 0.15) is 25.0 Å². The molecule has 2 aromatic rings. The lowest BCUT2D eigenvalue weighted by atomic mass is 10.2. The third kappa shape index (κ3) is 4.20. The average molecular weight is 348 g/mol. The fraction of sp³-hybridized carbons (Fsp3) is 0.278. The monoisotopic (exact) mass is 348 g/mol. The topological polar surface area (TPSA) is 49.7 Å². The van der Waals surface area contributed by atoms with E-state index in [9.17, 15) is 12.8 Å². The molecule has 0 heterocycles. The fourth-order valence-electron chi connectivity index (χ4n) is 2.29. The minimum absolute atomic E-state index is 0.139. The summed E-state index contributed by atoms with van der Waals surface area (Å²) in [5, 5.41) is 0. The van der Waals surface area contributed by atoms with E-state index in [1.165, 1.54) is 24.3 Å². The van der Waals surface area contributed by atoms with E-state index in [4.69, 9.17) is 0 Å². The number of rotatable bonds is 5. The van der Waals surface area contributed by atoms with Gasteiger partial charge in [-0.05, 0) is 57.2 Å². The number of amidine groups is 1. The molecule has 0 saturated heterocycles. The highest BCUT2D eigenvalue weighted by molar-refractivity contribution is 7.90. The zero-order chi connectivity index (χ0) is 17.7. The molecule has 24 heavy (non-hydrogen) atoms. The van der Waals surface area contributed by atoms with E-state index >= 15 is 0 Å². The highest BCUT2D eigenvalue weighted by Crippen LogP contribution is 2.17. The van der Waals surface area contributed by atoms with E-state index in [-0.39, 0.29) is 10.7 Å². The predicted octanol–water partition coefficient (Wildman–Crippen LogP) is 3.61. The first-order chi connectivity index (χ1) is 11.4. The zero-order valence-corrected chi connectivity index (χ0v) is 14.8.